The molecule has 134 valence electrons. The lowest BCUT2D eigenvalue weighted by atomic mass is 9.94. The maximum atomic E-state index is 15.6. The maximum Gasteiger partial charge on any atom is 0.270 e. The molecule has 0 spiro atoms. The lowest BCUT2D eigenvalue weighted by molar-refractivity contribution is 0.0147. The monoisotopic (exact) mass is 354 g/mol. The molecule has 0 N–H and O–H groups in total. The van der Waals surface area contributed by atoms with Crippen LogP contribution in [0.15, 0.2) is 53.2 Å². The number of likely N-dealkylation sites (tertiary alicyclic amines) is 1. The predicted octanol–water partition coefficient (Wildman–Crippen LogP) is 3.18. The average molecular weight is 354 g/mol. The minimum absolute atomic E-state index is 0.0688. The third-order valence-electron chi connectivity index (χ3n) is 4.73. The van der Waals surface area contributed by atoms with Crippen molar-refractivity contribution in [3.63, 3.8) is 0 Å². The lowest BCUT2D eigenvalue weighted by Crippen LogP contribution is -2.47. The third-order valence-corrected chi connectivity index (χ3v) is 4.73. The van der Waals surface area contributed by atoms with Crippen LogP contribution in [0.2, 0.25) is 0 Å². The van der Waals surface area contributed by atoms with E-state index in [9.17, 15) is 4.79 Å². The molecule has 1 aliphatic rings. The van der Waals surface area contributed by atoms with Gasteiger partial charge in [-0.1, -0.05) is 35.5 Å². The Bertz CT molecular complexity index is 921. The van der Waals surface area contributed by atoms with Crippen molar-refractivity contribution in [2.45, 2.75) is 18.5 Å². The SMILES string of the molecule is Cn1cccc1C(=O)N1CCCC(F)(c2nc(-c3ccccc3)no2)C1. The Morgan fingerprint density at radius 2 is 2.04 bits per heavy atom. The van der Waals surface area contributed by atoms with Crippen molar-refractivity contribution in [2.24, 2.45) is 7.05 Å². The van der Waals surface area contributed by atoms with E-state index >= 15 is 4.39 Å². The zero-order valence-corrected chi connectivity index (χ0v) is 14.4. The molecule has 1 amide bonds. The fourth-order valence-electron chi connectivity index (χ4n) is 3.31. The molecule has 1 aliphatic heterocycles. The van der Waals surface area contributed by atoms with Crippen LogP contribution in [0.3, 0.4) is 0 Å². The minimum Gasteiger partial charge on any atom is -0.347 e. The molecule has 2 aromatic heterocycles. The molecular weight excluding hydrogens is 335 g/mol. The third kappa shape index (κ3) is 2.89. The summed E-state index contributed by atoms with van der Waals surface area (Å²) >= 11 is 0. The van der Waals surface area contributed by atoms with Crippen LogP contribution in [0, 0.1) is 0 Å². The summed E-state index contributed by atoms with van der Waals surface area (Å²) in [6, 6.07) is 12.8. The van der Waals surface area contributed by atoms with Crippen molar-refractivity contribution in [3.8, 4) is 11.4 Å². The highest BCUT2D eigenvalue weighted by Gasteiger charge is 2.44. The summed E-state index contributed by atoms with van der Waals surface area (Å²) in [5.41, 5.74) is -0.539. The molecule has 0 saturated carbocycles. The first-order chi connectivity index (χ1) is 12.6. The Labute approximate surface area is 150 Å². The first kappa shape index (κ1) is 16.5. The van der Waals surface area contributed by atoms with Crippen LogP contribution in [-0.2, 0) is 12.7 Å². The summed E-state index contributed by atoms with van der Waals surface area (Å²) in [5, 5.41) is 3.91. The van der Waals surface area contributed by atoms with Crippen LogP contribution in [0.25, 0.3) is 11.4 Å². The van der Waals surface area contributed by atoms with E-state index in [-0.39, 0.29) is 24.8 Å². The standard InChI is InChI=1S/C19H19FN4O2/c1-23-11-5-9-15(23)17(25)24-12-6-10-19(20,13-24)18-21-16(22-26-18)14-7-3-2-4-8-14/h2-5,7-9,11H,6,10,12-13H2,1H3. The van der Waals surface area contributed by atoms with Crippen molar-refractivity contribution >= 4 is 5.91 Å². The van der Waals surface area contributed by atoms with E-state index in [0.29, 0.717) is 24.5 Å². The molecule has 26 heavy (non-hydrogen) atoms. The molecule has 1 atom stereocenters. The first-order valence-corrected chi connectivity index (χ1v) is 8.56. The number of piperidine rings is 1. The Morgan fingerprint density at radius 1 is 1.23 bits per heavy atom. The molecule has 3 heterocycles. The molecule has 0 bridgehead atoms. The van der Waals surface area contributed by atoms with Gasteiger partial charge in [-0.2, -0.15) is 4.98 Å². The molecule has 1 saturated heterocycles. The number of aryl methyl sites for hydroxylation is 1. The molecule has 0 aliphatic carbocycles. The summed E-state index contributed by atoms with van der Waals surface area (Å²) in [7, 11) is 1.80. The molecule has 4 rings (SSSR count). The van der Waals surface area contributed by atoms with Gasteiger partial charge in [0.1, 0.15) is 5.69 Å². The minimum atomic E-state index is -1.83. The van der Waals surface area contributed by atoms with Crippen LogP contribution >= 0.6 is 0 Å². The number of amides is 1. The fourth-order valence-corrected chi connectivity index (χ4v) is 3.31. The van der Waals surface area contributed by atoms with Gasteiger partial charge < -0.3 is 14.0 Å². The van der Waals surface area contributed by atoms with Gasteiger partial charge in [0.15, 0.2) is 0 Å². The zero-order chi connectivity index (χ0) is 18.1. The van der Waals surface area contributed by atoms with Crippen molar-refractivity contribution in [3.05, 3.63) is 60.2 Å². The van der Waals surface area contributed by atoms with Crippen molar-refractivity contribution < 1.29 is 13.7 Å². The zero-order valence-electron chi connectivity index (χ0n) is 14.4. The van der Waals surface area contributed by atoms with Crippen molar-refractivity contribution in [1.29, 1.82) is 0 Å². The van der Waals surface area contributed by atoms with E-state index in [1.807, 2.05) is 30.3 Å². The number of hydrogen-bond donors (Lipinski definition) is 0. The molecule has 3 aromatic rings. The van der Waals surface area contributed by atoms with Gasteiger partial charge in [-0.15, -0.1) is 0 Å². The normalized spacial score (nSPS) is 20.3. The Kier molecular flexibility index (Phi) is 4.06. The highest BCUT2D eigenvalue weighted by atomic mass is 19.1. The molecule has 1 aromatic carbocycles. The maximum absolute atomic E-state index is 15.6. The first-order valence-electron chi connectivity index (χ1n) is 8.56. The van der Waals surface area contributed by atoms with Gasteiger partial charge in [0.25, 0.3) is 11.8 Å². The van der Waals surface area contributed by atoms with Crippen molar-refractivity contribution in [2.75, 3.05) is 13.1 Å². The molecule has 0 radical (unpaired) electrons. The fraction of sp³-hybridized carbons (Fsp3) is 0.316. The molecule has 1 fully saturated rings. The van der Waals surface area contributed by atoms with E-state index in [4.69, 9.17) is 4.52 Å². The van der Waals surface area contributed by atoms with Gasteiger partial charge in [-0.25, -0.2) is 4.39 Å². The van der Waals surface area contributed by atoms with Gasteiger partial charge in [-0.3, -0.25) is 4.79 Å². The van der Waals surface area contributed by atoms with E-state index in [1.54, 1.807) is 29.9 Å². The van der Waals surface area contributed by atoms with Crippen LogP contribution in [0.1, 0.15) is 29.2 Å². The quantitative estimate of drug-likeness (QED) is 0.725. The Hall–Kier alpha value is -2.96. The van der Waals surface area contributed by atoms with E-state index in [2.05, 4.69) is 10.1 Å². The van der Waals surface area contributed by atoms with Crippen molar-refractivity contribution in [1.82, 2.24) is 19.6 Å². The predicted molar refractivity (Wildman–Crippen MR) is 93.1 cm³/mol. The lowest BCUT2D eigenvalue weighted by Gasteiger charge is -2.35. The largest absolute Gasteiger partial charge is 0.347 e. The number of carbonyl (C=O) groups excluding carboxylic acids is 1. The van der Waals surface area contributed by atoms with Crippen LogP contribution < -0.4 is 0 Å². The van der Waals surface area contributed by atoms with Gasteiger partial charge in [0.2, 0.25) is 11.5 Å². The van der Waals surface area contributed by atoms with Crippen LogP contribution in [0.5, 0.6) is 0 Å². The number of rotatable bonds is 3. The Morgan fingerprint density at radius 3 is 2.77 bits per heavy atom. The number of halogens is 1. The second-order valence-electron chi connectivity index (χ2n) is 6.59. The van der Waals surface area contributed by atoms with Crippen LogP contribution in [0.4, 0.5) is 4.39 Å². The molecular formula is C19H19FN4O2. The van der Waals surface area contributed by atoms with Gasteiger partial charge in [-0.05, 0) is 25.0 Å². The van der Waals surface area contributed by atoms with E-state index in [1.165, 1.54) is 4.90 Å². The number of alkyl halides is 1. The summed E-state index contributed by atoms with van der Waals surface area (Å²) in [6.07, 6.45) is 2.58. The smallest absolute Gasteiger partial charge is 0.270 e. The summed E-state index contributed by atoms with van der Waals surface area (Å²) in [4.78, 5) is 18.5. The highest BCUT2D eigenvalue weighted by Crippen LogP contribution is 2.36. The second-order valence-corrected chi connectivity index (χ2v) is 6.59. The average Bonchev–Trinajstić information content (AvgIpc) is 3.31. The van der Waals surface area contributed by atoms with Gasteiger partial charge in [0, 0.05) is 25.4 Å². The molecule has 6 nitrogen and oxygen atoms in total. The Balaban J connectivity index is 1.57. The second kappa shape index (κ2) is 6.40. The number of nitrogens with zero attached hydrogens (tertiary/aromatic N) is 4. The number of aromatic nitrogens is 3. The van der Waals surface area contributed by atoms with E-state index in [0.717, 1.165) is 5.56 Å². The topological polar surface area (TPSA) is 64.2 Å². The van der Waals surface area contributed by atoms with Crippen LogP contribution in [-0.4, -0.2) is 38.6 Å². The highest BCUT2D eigenvalue weighted by molar-refractivity contribution is 5.92. The number of benzene rings is 1. The van der Waals surface area contributed by atoms with E-state index < -0.39 is 5.67 Å². The summed E-state index contributed by atoms with van der Waals surface area (Å²) < 4.78 is 22.5. The summed E-state index contributed by atoms with van der Waals surface area (Å²) in [6.45, 7) is 0.419. The molecule has 1 unspecified atom stereocenters. The van der Waals surface area contributed by atoms with Gasteiger partial charge in [0.05, 0.1) is 6.54 Å². The summed E-state index contributed by atoms with van der Waals surface area (Å²) in [5.74, 6) is 0.0891. The number of carbonyl (C=O) groups is 1. The molecule has 7 heteroatoms. The number of hydrogen-bond acceptors (Lipinski definition) is 4. The van der Waals surface area contributed by atoms with Gasteiger partial charge >= 0.3 is 0 Å².